The Bertz CT molecular complexity index is 563. The van der Waals surface area contributed by atoms with Crippen molar-refractivity contribution >= 4 is 32.8 Å². The molecule has 6 nitrogen and oxygen atoms in total. The highest BCUT2D eigenvalue weighted by Gasteiger charge is 2.16. The molecule has 0 atom stereocenters. The first-order valence-electron chi connectivity index (χ1n) is 3.89. The Morgan fingerprint density at radius 2 is 1.87 bits per heavy atom. The van der Waals surface area contributed by atoms with E-state index in [1.54, 1.807) is 0 Å². The normalized spacial score (nSPS) is 10.4. The van der Waals surface area contributed by atoms with E-state index in [0.29, 0.717) is 10.1 Å². The van der Waals surface area contributed by atoms with Gasteiger partial charge in [-0.25, -0.2) is 0 Å². The first-order valence-corrected chi connectivity index (χ1v) is 4.77. The van der Waals surface area contributed by atoms with Gasteiger partial charge in [0.05, 0.1) is 20.6 Å². The van der Waals surface area contributed by atoms with Gasteiger partial charge in [0.2, 0.25) is 0 Å². The molecule has 0 unspecified atom stereocenters. The summed E-state index contributed by atoms with van der Waals surface area (Å²) in [5, 5.41) is 22.9. The van der Waals surface area contributed by atoms with E-state index in [1.165, 1.54) is 23.6 Å². The summed E-state index contributed by atoms with van der Waals surface area (Å²) in [5.41, 5.74) is -0.0656. The minimum atomic E-state index is -0.523. The molecule has 0 radical (unpaired) electrons. The smallest absolute Gasteiger partial charge is 0.258 e. The Morgan fingerprint density at radius 3 is 2.47 bits per heavy atom. The van der Waals surface area contributed by atoms with Crippen molar-refractivity contribution in [3.8, 4) is 0 Å². The molecule has 1 aromatic carbocycles. The van der Waals surface area contributed by atoms with Crippen molar-refractivity contribution < 1.29 is 9.85 Å². The summed E-state index contributed by atoms with van der Waals surface area (Å²) >= 11 is 1.13. The quantitative estimate of drug-likeness (QED) is 0.579. The van der Waals surface area contributed by atoms with Crippen LogP contribution in [0.1, 0.15) is 0 Å². The summed E-state index contributed by atoms with van der Waals surface area (Å²) in [4.78, 5) is 20.0. The number of nitrogens with zero attached hydrogens (tertiary/aromatic N) is 2. The van der Waals surface area contributed by atoms with Crippen molar-refractivity contribution in [1.82, 2.24) is 0 Å². The number of hydrogen-bond donors (Lipinski definition) is 0. The van der Waals surface area contributed by atoms with Crippen LogP contribution in [0, 0.1) is 20.2 Å². The van der Waals surface area contributed by atoms with Crippen molar-refractivity contribution in [1.29, 1.82) is 0 Å². The Morgan fingerprint density at radius 1 is 1.13 bits per heavy atom. The Balaban J connectivity index is 2.66. The highest BCUT2D eigenvalue weighted by Crippen LogP contribution is 2.33. The SMILES string of the molecule is O=[N+]([O-])c1ccc2c([N+](=O)[O-])csc2c1. The minimum Gasteiger partial charge on any atom is -0.258 e. The van der Waals surface area contributed by atoms with Gasteiger partial charge >= 0.3 is 0 Å². The molecule has 0 saturated heterocycles. The van der Waals surface area contributed by atoms with Gasteiger partial charge in [-0.05, 0) is 6.07 Å². The highest BCUT2D eigenvalue weighted by molar-refractivity contribution is 7.17. The molecule has 0 aliphatic heterocycles. The van der Waals surface area contributed by atoms with E-state index in [4.69, 9.17) is 0 Å². The van der Waals surface area contributed by atoms with Crippen LogP contribution < -0.4 is 0 Å². The van der Waals surface area contributed by atoms with Crippen molar-refractivity contribution in [3.05, 3.63) is 43.8 Å². The van der Waals surface area contributed by atoms with E-state index >= 15 is 0 Å². The first kappa shape index (κ1) is 9.53. The molecule has 76 valence electrons. The summed E-state index contributed by atoms with van der Waals surface area (Å²) < 4.78 is 0.552. The summed E-state index contributed by atoms with van der Waals surface area (Å²) in [6.45, 7) is 0. The monoisotopic (exact) mass is 224 g/mol. The molecule has 0 bridgehead atoms. The van der Waals surface area contributed by atoms with Gasteiger partial charge in [0.1, 0.15) is 0 Å². The molecule has 0 aliphatic rings. The standard InChI is InChI=1S/C8H4N2O4S/c11-9(12)5-1-2-6-7(10(13)14)4-15-8(6)3-5/h1-4H. The third kappa shape index (κ3) is 1.52. The number of hydrogen-bond acceptors (Lipinski definition) is 5. The lowest BCUT2D eigenvalue weighted by Crippen LogP contribution is -1.87. The van der Waals surface area contributed by atoms with Gasteiger partial charge in [-0.3, -0.25) is 20.2 Å². The van der Waals surface area contributed by atoms with Gasteiger partial charge < -0.3 is 0 Å². The molecular weight excluding hydrogens is 220 g/mol. The lowest BCUT2D eigenvalue weighted by atomic mass is 10.2. The van der Waals surface area contributed by atoms with Crippen LogP contribution in [0.15, 0.2) is 23.6 Å². The molecule has 2 rings (SSSR count). The maximum absolute atomic E-state index is 10.6. The second-order valence-corrected chi connectivity index (χ2v) is 3.73. The summed E-state index contributed by atoms with van der Waals surface area (Å²) in [6, 6.07) is 4.01. The molecule has 0 N–H and O–H groups in total. The fourth-order valence-corrected chi connectivity index (χ4v) is 2.20. The number of nitro groups is 2. The van der Waals surface area contributed by atoms with Crippen molar-refractivity contribution in [2.75, 3.05) is 0 Å². The lowest BCUT2D eigenvalue weighted by molar-refractivity contribution is -0.384. The van der Waals surface area contributed by atoms with Crippen LogP contribution in [-0.2, 0) is 0 Å². The van der Waals surface area contributed by atoms with Crippen LogP contribution in [0.4, 0.5) is 11.4 Å². The highest BCUT2D eigenvalue weighted by atomic mass is 32.1. The second kappa shape index (κ2) is 3.28. The fraction of sp³-hybridized carbons (Fsp3) is 0. The van der Waals surface area contributed by atoms with Gasteiger partial charge in [0.15, 0.2) is 0 Å². The molecule has 0 spiro atoms. The van der Waals surface area contributed by atoms with E-state index in [9.17, 15) is 20.2 Å². The van der Waals surface area contributed by atoms with Gasteiger partial charge in [0.25, 0.3) is 11.4 Å². The molecular formula is C8H4N2O4S. The lowest BCUT2D eigenvalue weighted by Gasteiger charge is -1.91. The minimum absolute atomic E-state index is 0.00935. The number of benzene rings is 1. The van der Waals surface area contributed by atoms with Crippen molar-refractivity contribution in [2.45, 2.75) is 0 Å². The molecule has 0 amide bonds. The predicted molar refractivity (Wildman–Crippen MR) is 55.1 cm³/mol. The molecule has 2 aromatic rings. The Hall–Kier alpha value is -2.02. The summed E-state index contributed by atoms with van der Waals surface area (Å²) in [7, 11) is 0. The molecule has 1 heterocycles. The van der Waals surface area contributed by atoms with Crippen molar-refractivity contribution in [2.24, 2.45) is 0 Å². The summed E-state index contributed by atoms with van der Waals surface area (Å²) in [5.74, 6) is 0. The average molecular weight is 224 g/mol. The van der Waals surface area contributed by atoms with Crippen LogP contribution >= 0.6 is 11.3 Å². The van der Waals surface area contributed by atoms with E-state index in [0.717, 1.165) is 11.3 Å². The molecule has 7 heteroatoms. The Labute approximate surface area is 87.1 Å². The van der Waals surface area contributed by atoms with Gasteiger partial charge in [-0.15, -0.1) is 11.3 Å². The number of rotatable bonds is 2. The zero-order valence-electron chi connectivity index (χ0n) is 7.25. The summed E-state index contributed by atoms with van der Waals surface area (Å²) in [6.07, 6.45) is 0. The van der Waals surface area contributed by atoms with Crippen LogP contribution in [0.3, 0.4) is 0 Å². The maximum atomic E-state index is 10.6. The first-order chi connectivity index (χ1) is 7.09. The average Bonchev–Trinajstić information content (AvgIpc) is 2.59. The topological polar surface area (TPSA) is 86.3 Å². The van der Waals surface area contributed by atoms with Crippen LogP contribution in [0.25, 0.3) is 10.1 Å². The molecule has 0 saturated carbocycles. The maximum Gasteiger partial charge on any atom is 0.287 e. The predicted octanol–water partition coefficient (Wildman–Crippen LogP) is 2.72. The molecule has 0 aliphatic carbocycles. The van der Waals surface area contributed by atoms with Crippen LogP contribution in [0.2, 0.25) is 0 Å². The number of fused-ring (bicyclic) bond motifs is 1. The number of thiophene rings is 1. The zero-order chi connectivity index (χ0) is 11.0. The second-order valence-electron chi connectivity index (χ2n) is 2.82. The van der Waals surface area contributed by atoms with Crippen LogP contribution in [0.5, 0.6) is 0 Å². The fourth-order valence-electron chi connectivity index (χ4n) is 1.26. The molecule has 0 fully saturated rings. The zero-order valence-corrected chi connectivity index (χ0v) is 8.06. The van der Waals surface area contributed by atoms with E-state index in [1.807, 2.05) is 0 Å². The van der Waals surface area contributed by atoms with Gasteiger partial charge in [-0.1, -0.05) is 0 Å². The third-order valence-electron chi connectivity index (χ3n) is 1.95. The number of non-ortho nitro benzene ring substituents is 1. The molecule has 15 heavy (non-hydrogen) atoms. The van der Waals surface area contributed by atoms with E-state index in [2.05, 4.69) is 0 Å². The van der Waals surface area contributed by atoms with Crippen molar-refractivity contribution in [3.63, 3.8) is 0 Å². The van der Waals surface area contributed by atoms with E-state index in [-0.39, 0.29) is 11.4 Å². The third-order valence-corrected chi connectivity index (χ3v) is 2.88. The largest absolute Gasteiger partial charge is 0.287 e. The molecule has 1 aromatic heterocycles. The van der Waals surface area contributed by atoms with Crippen LogP contribution in [-0.4, -0.2) is 9.85 Å². The van der Waals surface area contributed by atoms with Gasteiger partial charge in [0, 0.05) is 16.8 Å². The van der Waals surface area contributed by atoms with E-state index < -0.39 is 9.85 Å². The van der Waals surface area contributed by atoms with Gasteiger partial charge in [-0.2, -0.15) is 0 Å². The number of nitro benzene ring substituents is 1. The Kier molecular flexibility index (Phi) is 2.09.